The van der Waals surface area contributed by atoms with Crippen molar-refractivity contribution in [3.8, 4) is 5.75 Å². The molecule has 168 valence electrons. The minimum atomic E-state index is -4.43. The van der Waals surface area contributed by atoms with Crippen molar-refractivity contribution in [2.45, 2.75) is 32.7 Å². The Morgan fingerprint density at radius 3 is 2.58 bits per heavy atom. The Labute approximate surface area is 176 Å². The van der Waals surface area contributed by atoms with Crippen molar-refractivity contribution in [3.05, 3.63) is 40.0 Å². The predicted octanol–water partition coefficient (Wildman–Crippen LogP) is 1.20. The van der Waals surface area contributed by atoms with Gasteiger partial charge in [0.05, 0.1) is 12.2 Å². The fraction of sp³-hybridized carbons (Fsp3) is 0.444. The fourth-order valence-electron chi connectivity index (χ4n) is 4.05. The number of anilines is 1. The molecule has 0 saturated carbocycles. The van der Waals surface area contributed by atoms with E-state index in [4.69, 9.17) is 0 Å². The van der Waals surface area contributed by atoms with Crippen molar-refractivity contribution in [2.75, 3.05) is 23.9 Å². The number of phenolic OH excluding ortho intramolecular Hbond substituents is 1. The molecule has 0 aliphatic carbocycles. The molecule has 2 aromatic rings. The van der Waals surface area contributed by atoms with E-state index in [1.807, 2.05) is 6.92 Å². The zero-order valence-electron chi connectivity index (χ0n) is 16.7. The second-order valence-electron chi connectivity index (χ2n) is 7.70. The molecule has 1 saturated heterocycles. The summed E-state index contributed by atoms with van der Waals surface area (Å²) >= 11 is 0. The number of amides is 1. The number of nitrogens with one attached hydrogen (secondary N) is 2. The van der Waals surface area contributed by atoms with Gasteiger partial charge in [0, 0.05) is 29.9 Å². The molecule has 31 heavy (non-hydrogen) atoms. The van der Waals surface area contributed by atoms with Crippen LogP contribution in [0.5, 0.6) is 5.75 Å². The molecule has 0 spiro atoms. The lowest BCUT2D eigenvalue weighted by Gasteiger charge is -2.35. The van der Waals surface area contributed by atoms with Crippen LogP contribution in [-0.4, -0.2) is 54.2 Å². The average molecular weight is 459 g/mol. The number of hydrogen-bond acceptors (Lipinski definition) is 6. The highest BCUT2D eigenvalue weighted by Crippen LogP contribution is 2.45. The van der Waals surface area contributed by atoms with Crippen molar-refractivity contribution in [2.24, 2.45) is 0 Å². The van der Waals surface area contributed by atoms with E-state index in [2.05, 4.69) is 10.2 Å². The summed E-state index contributed by atoms with van der Waals surface area (Å²) in [6, 6.07) is 0.674. The second kappa shape index (κ2) is 7.12. The first kappa shape index (κ1) is 21.4. The quantitative estimate of drug-likeness (QED) is 0.633. The van der Waals surface area contributed by atoms with Gasteiger partial charge in [-0.25, -0.2) is 13.4 Å². The predicted molar refractivity (Wildman–Crippen MR) is 103 cm³/mol. The number of phenols is 1. The molecular formula is C18H20F3N5O4S. The molecule has 4 rings (SSSR count). The Hall–Kier alpha value is -2.80. The highest BCUT2D eigenvalue weighted by Gasteiger charge is 2.45. The van der Waals surface area contributed by atoms with Crippen LogP contribution in [0.2, 0.25) is 0 Å². The van der Waals surface area contributed by atoms with Gasteiger partial charge in [0.1, 0.15) is 18.0 Å². The zero-order chi connectivity index (χ0) is 22.7. The van der Waals surface area contributed by atoms with Crippen LogP contribution >= 0.6 is 0 Å². The summed E-state index contributed by atoms with van der Waals surface area (Å²) in [5.74, 6) is -6.67. The maximum atomic E-state index is 15.3. The summed E-state index contributed by atoms with van der Waals surface area (Å²) in [4.78, 5) is 12.9. The number of aromatic amines is 1. The molecule has 3 N–H and O–H groups in total. The molecule has 3 heterocycles. The Kier molecular flexibility index (Phi) is 4.92. The topological polar surface area (TPSA) is 119 Å². The molecule has 1 aromatic carbocycles. The second-order valence-corrected chi connectivity index (χ2v) is 9.29. The number of nitrogens with zero attached hydrogens (tertiary/aromatic N) is 3. The normalized spacial score (nSPS) is 20.0. The molecule has 0 unspecified atom stereocenters. The number of aromatic nitrogens is 2. The lowest BCUT2D eigenvalue weighted by atomic mass is 9.94. The molecule has 9 nitrogen and oxygen atoms in total. The van der Waals surface area contributed by atoms with Gasteiger partial charge in [0.15, 0.2) is 5.82 Å². The largest absolute Gasteiger partial charge is 0.506 e. The minimum absolute atomic E-state index is 0.188. The maximum absolute atomic E-state index is 15.3. The van der Waals surface area contributed by atoms with E-state index in [0.717, 1.165) is 17.0 Å². The highest BCUT2D eigenvalue weighted by atomic mass is 32.2. The van der Waals surface area contributed by atoms with Gasteiger partial charge >= 0.3 is 10.2 Å². The smallest absolute Gasteiger partial charge is 0.326 e. The maximum Gasteiger partial charge on any atom is 0.326 e. The Bertz CT molecular complexity index is 1160. The Morgan fingerprint density at radius 2 is 2.00 bits per heavy atom. The zero-order valence-corrected chi connectivity index (χ0v) is 17.5. The summed E-state index contributed by atoms with van der Waals surface area (Å²) in [5.41, 5.74) is 0.506. The van der Waals surface area contributed by atoms with Crippen LogP contribution in [0.3, 0.4) is 0 Å². The standard InChI is InChI=1S/C18H20F3N5O4S/c1-9-11(10(2)23-22-9)3-4-25-6-12-13(18(20,21)8-25)5-14(27)17(16(12)19)26-7-15(28)24-31(26,29)30/h5,27H,3-4,6-8H2,1-2H3,(H,22,23)(H,24,28). The van der Waals surface area contributed by atoms with Crippen LogP contribution in [0, 0.1) is 19.7 Å². The number of aryl methyl sites for hydroxylation is 2. The number of rotatable bonds is 4. The first-order valence-electron chi connectivity index (χ1n) is 9.39. The van der Waals surface area contributed by atoms with Crippen LogP contribution < -0.4 is 9.03 Å². The molecule has 2 aliphatic rings. The lowest BCUT2D eigenvalue weighted by Crippen LogP contribution is -2.42. The minimum Gasteiger partial charge on any atom is -0.506 e. The monoisotopic (exact) mass is 459 g/mol. The van der Waals surface area contributed by atoms with E-state index in [1.54, 1.807) is 11.6 Å². The van der Waals surface area contributed by atoms with E-state index in [-0.39, 0.29) is 13.1 Å². The number of H-pyrrole nitrogens is 1. The van der Waals surface area contributed by atoms with Gasteiger partial charge in [-0.3, -0.25) is 14.8 Å². The van der Waals surface area contributed by atoms with Gasteiger partial charge in [0.2, 0.25) is 0 Å². The number of alkyl halides is 2. The van der Waals surface area contributed by atoms with Crippen molar-refractivity contribution in [3.63, 3.8) is 0 Å². The third-order valence-corrected chi connectivity index (χ3v) is 6.93. The van der Waals surface area contributed by atoms with Gasteiger partial charge in [-0.05, 0) is 31.9 Å². The van der Waals surface area contributed by atoms with Crippen LogP contribution in [0.15, 0.2) is 6.07 Å². The number of aromatic hydroxyl groups is 1. The lowest BCUT2D eigenvalue weighted by molar-refractivity contribution is -0.117. The van der Waals surface area contributed by atoms with E-state index >= 15 is 4.39 Å². The Balaban J connectivity index is 1.69. The van der Waals surface area contributed by atoms with Crippen molar-refractivity contribution in [1.82, 2.24) is 19.8 Å². The molecule has 0 radical (unpaired) electrons. The van der Waals surface area contributed by atoms with Gasteiger partial charge < -0.3 is 5.11 Å². The summed E-state index contributed by atoms with van der Waals surface area (Å²) in [6.07, 6.45) is 0.408. The van der Waals surface area contributed by atoms with Gasteiger partial charge in [-0.1, -0.05) is 0 Å². The number of halogens is 3. The van der Waals surface area contributed by atoms with Crippen LogP contribution in [0.4, 0.5) is 18.9 Å². The molecular weight excluding hydrogens is 439 g/mol. The molecule has 13 heteroatoms. The molecule has 2 aliphatic heterocycles. The summed E-state index contributed by atoms with van der Waals surface area (Å²) in [5, 5.41) is 17.1. The van der Waals surface area contributed by atoms with E-state index in [0.29, 0.717) is 16.8 Å². The molecule has 0 bridgehead atoms. The van der Waals surface area contributed by atoms with Crippen molar-refractivity contribution in [1.29, 1.82) is 0 Å². The summed E-state index contributed by atoms with van der Waals surface area (Å²) in [6.45, 7) is 2.14. The van der Waals surface area contributed by atoms with E-state index in [9.17, 15) is 27.1 Å². The number of carbonyl (C=O) groups excluding carboxylic acids is 1. The molecule has 1 amide bonds. The van der Waals surface area contributed by atoms with Gasteiger partial charge in [-0.2, -0.15) is 22.3 Å². The first-order chi connectivity index (χ1) is 14.4. The van der Waals surface area contributed by atoms with Crippen LogP contribution in [0.1, 0.15) is 28.1 Å². The first-order valence-corrected chi connectivity index (χ1v) is 10.8. The van der Waals surface area contributed by atoms with Gasteiger partial charge in [-0.15, -0.1) is 0 Å². The van der Waals surface area contributed by atoms with Crippen LogP contribution in [-0.2, 0) is 33.9 Å². The SMILES string of the molecule is Cc1n[nH]c(C)c1CCN1Cc2c(cc(O)c(N3CC(=O)NS3(=O)=O)c2F)C(F)(F)C1. The Morgan fingerprint density at radius 1 is 1.29 bits per heavy atom. The third-order valence-electron chi connectivity index (χ3n) is 5.55. The van der Waals surface area contributed by atoms with Gasteiger partial charge in [0.25, 0.3) is 11.8 Å². The van der Waals surface area contributed by atoms with E-state index < -0.39 is 63.5 Å². The van der Waals surface area contributed by atoms with Crippen LogP contribution in [0.25, 0.3) is 0 Å². The summed E-state index contributed by atoms with van der Waals surface area (Å²) in [7, 11) is -4.43. The third kappa shape index (κ3) is 3.61. The van der Waals surface area contributed by atoms with E-state index in [1.165, 1.54) is 4.90 Å². The number of hydrogen-bond donors (Lipinski definition) is 3. The fourth-order valence-corrected chi connectivity index (χ4v) is 5.21. The molecule has 1 fully saturated rings. The average Bonchev–Trinajstić information content (AvgIpc) is 3.11. The summed E-state index contributed by atoms with van der Waals surface area (Å²) < 4.78 is 71.1. The van der Waals surface area contributed by atoms with Crippen molar-refractivity contribution >= 4 is 21.8 Å². The highest BCUT2D eigenvalue weighted by molar-refractivity contribution is 7.92. The number of benzene rings is 1. The molecule has 1 aromatic heterocycles. The number of fused-ring (bicyclic) bond motifs is 1. The number of carbonyl (C=O) groups is 1. The van der Waals surface area contributed by atoms with Crippen molar-refractivity contribution < 1.29 is 31.5 Å². The molecule has 0 atom stereocenters.